The minimum Gasteiger partial charge on any atom is -0.378 e. The van der Waals surface area contributed by atoms with E-state index in [0.717, 1.165) is 15.7 Å². The molecule has 102 valence electrons. The zero-order valence-electron chi connectivity index (χ0n) is 11.0. The number of rotatable bonds is 4. The highest BCUT2D eigenvalue weighted by molar-refractivity contribution is 7.16. The molecule has 1 atom stereocenters. The predicted molar refractivity (Wildman–Crippen MR) is 84.9 cm³/mol. The van der Waals surface area contributed by atoms with Crippen molar-refractivity contribution in [2.24, 2.45) is 0 Å². The Bertz CT molecular complexity index is 673. The van der Waals surface area contributed by atoms with Crippen molar-refractivity contribution in [3.8, 4) is 5.69 Å². The summed E-state index contributed by atoms with van der Waals surface area (Å²) in [6, 6.07) is 14.3. The summed E-state index contributed by atoms with van der Waals surface area (Å²) in [4.78, 5) is 1.23. The van der Waals surface area contributed by atoms with E-state index in [1.165, 1.54) is 4.88 Å². The molecule has 0 amide bonds. The van der Waals surface area contributed by atoms with E-state index < -0.39 is 0 Å². The van der Waals surface area contributed by atoms with Crippen LogP contribution < -0.4 is 5.32 Å². The van der Waals surface area contributed by atoms with E-state index in [-0.39, 0.29) is 6.04 Å². The van der Waals surface area contributed by atoms with E-state index in [9.17, 15) is 0 Å². The van der Waals surface area contributed by atoms with Crippen LogP contribution in [0.2, 0.25) is 4.34 Å². The third kappa shape index (κ3) is 2.86. The zero-order chi connectivity index (χ0) is 13.9. The summed E-state index contributed by atoms with van der Waals surface area (Å²) in [6.45, 7) is 2.13. The number of halogens is 1. The van der Waals surface area contributed by atoms with Crippen LogP contribution >= 0.6 is 22.9 Å². The first-order chi connectivity index (χ1) is 9.72. The summed E-state index contributed by atoms with van der Waals surface area (Å²) in [5.41, 5.74) is 2.13. The lowest BCUT2D eigenvalue weighted by Gasteiger charge is -2.14. The molecule has 3 aromatic rings. The Morgan fingerprint density at radius 3 is 2.60 bits per heavy atom. The minimum absolute atomic E-state index is 0.239. The SMILES string of the molecule is CC(Nc1ccc(-n2cccn2)cc1)c1ccc(Cl)s1. The summed E-state index contributed by atoms with van der Waals surface area (Å²) in [5, 5.41) is 7.68. The lowest BCUT2D eigenvalue weighted by Crippen LogP contribution is -2.04. The molecule has 0 bridgehead atoms. The number of benzene rings is 1. The van der Waals surface area contributed by atoms with Crippen LogP contribution in [0, 0.1) is 0 Å². The largest absolute Gasteiger partial charge is 0.378 e. The third-order valence-corrected chi connectivity index (χ3v) is 4.45. The monoisotopic (exact) mass is 303 g/mol. The van der Waals surface area contributed by atoms with Crippen LogP contribution in [0.25, 0.3) is 5.69 Å². The summed E-state index contributed by atoms with van der Waals surface area (Å²) >= 11 is 7.57. The fourth-order valence-electron chi connectivity index (χ4n) is 2.01. The van der Waals surface area contributed by atoms with Crippen molar-refractivity contribution in [3.63, 3.8) is 0 Å². The molecule has 1 N–H and O–H groups in total. The Labute approximate surface area is 126 Å². The minimum atomic E-state index is 0.239. The molecule has 3 rings (SSSR count). The van der Waals surface area contributed by atoms with Crippen LogP contribution in [0.4, 0.5) is 5.69 Å². The number of hydrogen-bond acceptors (Lipinski definition) is 3. The molecule has 0 fully saturated rings. The first-order valence-corrected chi connectivity index (χ1v) is 7.54. The summed E-state index contributed by atoms with van der Waals surface area (Å²) in [6.07, 6.45) is 3.70. The van der Waals surface area contributed by atoms with Gasteiger partial charge in [0.2, 0.25) is 0 Å². The Hall–Kier alpha value is -1.78. The summed E-state index contributed by atoms with van der Waals surface area (Å²) < 4.78 is 2.66. The van der Waals surface area contributed by atoms with Gasteiger partial charge in [-0.15, -0.1) is 11.3 Å². The molecule has 0 aliphatic heterocycles. The quantitative estimate of drug-likeness (QED) is 0.753. The van der Waals surface area contributed by atoms with Gasteiger partial charge in [0, 0.05) is 23.0 Å². The van der Waals surface area contributed by atoms with Crippen molar-refractivity contribution in [2.75, 3.05) is 5.32 Å². The average molecular weight is 304 g/mol. The molecule has 3 nitrogen and oxygen atoms in total. The maximum Gasteiger partial charge on any atom is 0.0932 e. The van der Waals surface area contributed by atoms with Gasteiger partial charge in [0.15, 0.2) is 0 Å². The van der Waals surface area contributed by atoms with Crippen molar-refractivity contribution < 1.29 is 0 Å². The first kappa shape index (κ1) is 13.2. The third-order valence-electron chi connectivity index (χ3n) is 3.04. The van der Waals surface area contributed by atoms with Gasteiger partial charge in [0.05, 0.1) is 16.1 Å². The standard InChI is InChI=1S/C15H14ClN3S/c1-11(14-7-8-15(16)20-14)18-12-3-5-13(6-4-12)19-10-2-9-17-19/h2-11,18H,1H3. The van der Waals surface area contributed by atoms with Gasteiger partial charge in [0.25, 0.3) is 0 Å². The van der Waals surface area contributed by atoms with Gasteiger partial charge in [-0.25, -0.2) is 4.68 Å². The molecule has 0 aliphatic rings. The number of aromatic nitrogens is 2. The molecule has 0 spiro atoms. The fourth-order valence-corrected chi connectivity index (χ4v) is 3.08. The average Bonchev–Trinajstić information content (AvgIpc) is 3.10. The molecule has 5 heteroatoms. The van der Waals surface area contributed by atoms with Gasteiger partial charge in [-0.3, -0.25) is 0 Å². The molecule has 2 aromatic heterocycles. The van der Waals surface area contributed by atoms with E-state index in [2.05, 4.69) is 35.5 Å². The molecule has 1 aromatic carbocycles. The number of thiophene rings is 1. The van der Waals surface area contributed by atoms with E-state index in [1.54, 1.807) is 17.5 Å². The van der Waals surface area contributed by atoms with Crippen molar-refractivity contribution in [1.29, 1.82) is 0 Å². The second kappa shape index (κ2) is 5.69. The Morgan fingerprint density at radius 2 is 2.00 bits per heavy atom. The highest BCUT2D eigenvalue weighted by Crippen LogP contribution is 2.29. The topological polar surface area (TPSA) is 29.9 Å². The number of nitrogens with zero attached hydrogens (tertiary/aromatic N) is 2. The molecular formula is C15H14ClN3S. The van der Waals surface area contributed by atoms with Crippen molar-refractivity contribution in [3.05, 3.63) is 64.1 Å². The van der Waals surface area contributed by atoms with Gasteiger partial charge in [-0.05, 0) is 49.4 Å². The second-order valence-electron chi connectivity index (χ2n) is 4.51. The Kier molecular flexibility index (Phi) is 3.76. The van der Waals surface area contributed by atoms with Crippen LogP contribution in [-0.2, 0) is 0 Å². The van der Waals surface area contributed by atoms with Crippen LogP contribution in [0.3, 0.4) is 0 Å². The van der Waals surface area contributed by atoms with Gasteiger partial charge in [0.1, 0.15) is 0 Å². The van der Waals surface area contributed by atoms with Gasteiger partial charge < -0.3 is 5.32 Å². The van der Waals surface area contributed by atoms with Crippen molar-refractivity contribution in [2.45, 2.75) is 13.0 Å². The normalized spacial score (nSPS) is 12.3. The van der Waals surface area contributed by atoms with Crippen molar-refractivity contribution >= 4 is 28.6 Å². The molecule has 0 aliphatic carbocycles. The molecule has 1 unspecified atom stereocenters. The van der Waals surface area contributed by atoms with Crippen LogP contribution in [0.15, 0.2) is 54.9 Å². The molecule has 0 saturated carbocycles. The molecule has 20 heavy (non-hydrogen) atoms. The van der Waals surface area contributed by atoms with E-state index in [4.69, 9.17) is 11.6 Å². The lowest BCUT2D eigenvalue weighted by molar-refractivity contribution is 0.878. The van der Waals surface area contributed by atoms with Gasteiger partial charge >= 0.3 is 0 Å². The highest BCUT2D eigenvalue weighted by Gasteiger charge is 2.08. The van der Waals surface area contributed by atoms with E-state index >= 15 is 0 Å². The summed E-state index contributed by atoms with van der Waals surface area (Å²) in [5.74, 6) is 0. The molecular weight excluding hydrogens is 290 g/mol. The Balaban J connectivity index is 1.72. The maximum atomic E-state index is 5.97. The van der Waals surface area contributed by atoms with E-state index in [0.29, 0.717) is 0 Å². The second-order valence-corrected chi connectivity index (χ2v) is 6.25. The summed E-state index contributed by atoms with van der Waals surface area (Å²) in [7, 11) is 0. The molecule has 0 radical (unpaired) electrons. The zero-order valence-corrected chi connectivity index (χ0v) is 12.5. The maximum absolute atomic E-state index is 5.97. The number of hydrogen-bond donors (Lipinski definition) is 1. The number of anilines is 1. The Morgan fingerprint density at radius 1 is 1.20 bits per heavy atom. The fraction of sp³-hybridized carbons (Fsp3) is 0.133. The predicted octanol–water partition coefficient (Wildman–Crippen LogP) is 4.76. The van der Waals surface area contributed by atoms with Crippen LogP contribution in [0.5, 0.6) is 0 Å². The van der Waals surface area contributed by atoms with E-state index in [1.807, 2.05) is 35.1 Å². The lowest BCUT2D eigenvalue weighted by atomic mass is 10.2. The van der Waals surface area contributed by atoms with Crippen molar-refractivity contribution in [1.82, 2.24) is 9.78 Å². The number of nitrogens with one attached hydrogen (secondary N) is 1. The van der Waals surface area contributed by atoms with Gasteiger partial charge in [-0.2, -0.15) is 5.10 Å². The molecule has 0 saturated heterocycles. The first-order valence-electron chi connectivity index (χ1n) is 6.34. The van der Waals surface area contributed by atoms with Crippen LogP contribution in [0.1, 0.15) is 17.8 Å². The smallest absolute Gasteiger partial charge is 0.0932 e. The highest BCUT2D eigenvalue weighted by atomic mass is 35.5. The molecule has 2 heterocycles. The van der Waals surface area contributed by atoms with Crippen LogP contribution in [-0.4, -0.2) is 9.78 Å². The van der Waals surface area contributed by atoms with Gasteiger partial charge in [-0.1, -0.05) is 11.6 Å².